The molecule has 4 rings (SSSR count). The van der Waals surface area contributed by atoms with Crippen molar-refractivity contribution >= 4 is 23.1 Å². The Morgan fingerprint density at radius 3 is 2.35 bits per heavy atom. The molecule has 1 heterocycles. The normalized spacial score (nSPS) is 17.3. The van der Waals surface area contributed by atoms with Gasteiger partial charge in [0.1, 0.15) is 17.3 Å². The molecule has 1 N–H and O–H groups in total. The van der Waals surface area contributed by atoms with E-state index < -0.39 is 17.7 Å². The van der Waals surface area contributed by atoms with Crippen LogP contribution >= 0.6 is 0 Å². The predicted octanol–water partition coefficient (Wildman–Crippen LogP) is 5.50. The molecule has 174 valence electrons. The van der Waals surface area contributed by atoms with Crippen LogP contribution in [0.25, 0.3) is 5.76 Å². The molecule has 3 aromatic rings. The first-order chi connectivity index (χ1) is 16.4. The molecule has 6 nitrogen and oxygen atoms in total. The molecule has 0 aliphatic carbocycles. The first-order valence-corrected chi connectivity index (χ1v) is 11.3. The number of amides is 1. The average molecular weight is 458 g/mol. The predicted molar refractivity (Wildman–Crippen MR) is 131 cm³/mol. The van der Waals surface area contributed by atoms with Crippen LogP contribution in [-0.2, 0) is 9.59 Å². The fourth-order valence-electron chi connectivity index (χ4n) is 4.09. The van der Waals surface area contributed by atoms with Crippen molar-refractivity contribution < 1.29 is 24.2 Å². The van der Waals surface area contributed by atoms with E-state index in [1.165, 1.54) is 4.90 Å². The number of ether oxygens (including phenoxy) is 2. The first-order valence-electron chi connectivity index (χ1n) is 11.3. The molecule has 3 aromatic carbocycles. The maximum absolute atomic E-state index is 13.3. The molecule has 1 unspecified atom stereocenters. The van der Waals surface area contributed by atoms with Gasteiger partial charge in [-0.25, -0.2) is 0 Å². The lowest BCUT2D eigenvalue weighted by Crippen LogP contribution is -2.29. The first kappa shape index (κ1) is 23.1. The quantitative estimate of drug-likeness (QED) is 0.288. The van der Waals surface area contributed by atoms with E-state index in [1.54, 1.807) is 54.6 Å². The van der Waals surface area contributed by atoms with Crippen LogP contribution in [0.3, 0.4) is 0 Å². The van der Waals surface area contributed by atoms with Gasteiger partial charge >= 0.3 is 0 Å². The zero-order valence-electron chi connectivity index (χ0n) is 19.4. The van der Waals surface area contributed by atoms with Crippen LogP contribution in [0.5, 0.6) is 11.5 Å². The number of hydrogen-bond acceptors (Lipinski definition) is 5. The van der Waals surface area contributed by atoms with E-state index in [-0.39, 0.29) is 17.4 Å². The van der Waals surface area contributed by atoms with Crippen molar-refractivity contribution in [2.24, 2.45) is 0 Å². The van der Waals surface area contributed by atoms with Crippen LogP contribution < -0.4 is 14.4 Å². The molecule has 0 saturated carbocycles. The van der Waals surface area contributed by atoms with Gasteiger partial charge in [0.05, 0.1) is 24.3 Å². The molecule has 0 aromatic heterocycles. The summed E-state index contributed by atoms with van der Waals surface area (Å²) in [4.78, 5) is 28.0. The largest absolute Gasteiger partial charge is 0.507 e. The van der Waals surface area contributed by atoms with Gasteiger partial charge in [-0.1, -0.05) is 42.5 Å². The third kappa shape index (κ3) is 4.53. The number of aliphatic hydroxyl groups excluding tert-OH is 1. The fraction of sp³-hybridized carbons (Fsp3) is 0.214. The monoisotopic (exact) mass is 457 g/mol. The zero-order valence-corrected chi connectivity index (χ0v) is 19.4. The molecule has 1 aliphatic rings. The lowest BCUT2D eigenvalue weighted by molar-refractivity contribution is -0.132. The van der Waals surface area contributed by atoms with Gasteiger partial charge in [-0.3, -0.25) is 14.5 Å². The van der Waals surface area contributed by atoms with E-state index in [2.05, 4.69) is 0 Å². The molecule has 34 heavy (non-hydrogen) atoms. The Bertz CT molecular complexity index is 1230. The molecule has 0 bridgehead atoms. The molecule has 1 atom stereocenters. The van der Waals surface area contributed by atoms with Crippen LogP contribution in [0.4, 0.5) is 5.69 Å². The SMILES string of the molecule is CCOc1cccc(/C(O)=C2/C(=O)C(=O)N(c3ccccc3)C2c2cccc(OC(C)C)c2)c1. The summed E-state index contributed by atoms with van der Waals surface area (Å²) in [5.41, 5.74) is 1.64. The second-order valence-corrected chi connectivity index (χ2v) is 8.20. The maximum Gasteiger partial charge on any atom is 0.300 e. The standard InChI is InChI=1S/C28H27NO5/c1-4-33-22-14-9-11-20(17-22)26(30)24-25(19-10-8-15-23(16-19)34-18(2)3)29(28(32)27(24)31)21-12-6-5-7-13-21/h5-18,25,30H,4H2,1-3H3/b26-24-. The van der Waals surface area contributed by atoms with Crippen molar-refractivity contribution in [1.82, 2.24) is 0 Å². The molecule has 0 radical (unpaired) electrons. The number of anilines is 1. The summed E-state index contributed by atoms with van der Waals surface area (Å²) >= 11 is 0. The number of benzene rings is 3. The topological polar surface area (TPSA) is 76.1 Å². The van der Waals surface area contributed by atoms with Crippen LogP contribution in [0, 0.1) is 0 Å². The number of ketones is 1. The van der Waals surface area contributed by atoms with Gasteiger partial charge in [0.15, 0.2) is 0 Å². The van der Waals surface area contributed by atoms with E-state index in [0.717, 1.165) is 0 Å². The second-order valence-electron chi connectivity index (χ2n) is 8.20. The molecular weight excluding hydrogens is 430 g/mol. The highest BCUT2D eigenvalue weighted by Gasteiger charge is 2.47. The minimum Gasteiger partial charge on any atom is -0.507 e. The van der Waals surface area contributed by atoms with Crippen molar-refractivity contribution in [1.29, 1.82) is 0 Å². The molecular formula is C28H27NO5. The summed E-state index contributed by atoms with van der Waals surface area (Å²) in [5, 5.41) is 11.3. The molecule has 1 saturated heterocycles. The van der Waals surface area contributed by atoms with Crippen molar-refractivity contribution in [3.8, 4) is 11.5 Å². The Hall–Kier alpha value is -4.06. The highest BCUT2D eigenvalue weighted by atomic mass is 16.5. The van der Waals surface area contributed by atoms with E-state index in [4.69, 9.17) is 9.47 Å². The van der Waals surface area contributed by atoms with Gasteiger partial charge in [-0.2, -0.15) is 0 Å². The maximum atomic E-state index is 13.3. The molecule has 6 heteroatoms. The fourth-order valence-corrected chi connectivity index (χ4v) is 4.09. The average Bonchev–Trinajstić information content (AvgIpc) is 3.10. The van der Waals surface area contributed by atoms with Gasteiger partial charge in [0.25, 0.3) is 11.7 Å². The molecule has 0 spiro atoms. The van der Waals surface area contributed by atoms with Crippen molar-refractivity contribution in [2.75, 3.05) is 11.5 Å². The van der Waals surface area contributed by atoms with Crippen LogP contribution in [-0.4, -0.2) is 29.5 Å². The number of aliphatic hydroxyl groups is 1. The van der Waals surface area contributed by atoms with Gasteiger partial charge in [0.2, 0.25) is 0 Å². The van der Waals surface area contributed by atoms with E-state index in [9.17, 15) is 14.7 Å². The third-order valence-electron chi connectivity index (χ3n) is 5.44. The Morgan fingerprint density at radius 2 is 1.65 bits per heavy atom. The number of hydrogen-bond donors (Lipinski definition) is 1. The van der Waals surface area contributed by atoms with E-state index >= 15 is 0 Å². The number of carbonyl (C=O) groups is 2. The Balaban J connectivity index is 1.91. The number of para-hydroxylation sites is 1. The summed E-state index contributed by atoms with van der Waals surface area (Å²) in [5.74, 6) is -0.520. The lowest BCUT2D eigenvalue weighted by atomic mass is 9.95. The van der Waals surface area contributed by atoms with Gasteiger partial charge in [0, 0.05) is 11.3 Å². The van der Waals surface area contributed by atoms with Crippen molar-refractivity contribution in [3.05, 3.63) is 95.6 Å². The van der Waals surface area contributed by atoms with Gasteiger partial charge in [-0.15, -0.1) is 0 Å². The summed E-state index contributed by atoms with van der Waals surface area (Å²) < 4.78 is 11.4. The van der Waals surface area contributed by atoms with Crippen LogP contribution in [0.15, 0.2) is 84.4 Å². The van der Waals surface area contributed by atoms with Gasteiger partial charge < -0.3 is 14.6 Å². The van der Waals surface area contributed by atoms with Crippen molar-refractivity contribution in [3.63, 3.8) is 0 Å². The number of carbonyl (C=O) groups excluding carboxylic acids is 2. The smallest absolute Gasteiger partial charge is 0.300 e. The minimum atomic E-state index is -0.825. The number of rotatable bonds is 7. The summed E-state index contributed by atoms with van der Waals surface area (Å²) in [6.45, 7) is 6.18. The molecule has 1 fully saturated rings. The van der Waals surface area contributed by atoms with Crippen LogP contribution in [0.1, 0.15) is 37.9 Å². The Kier molecular flexibility index (Phi) is 6.68. The highest BCUT2D eigenvalue weighted by Crippen LogP contribution is 2.43. The number of nitrogens with zero attached hydrogens (tertiary/aromatic N) is 1. The van der Waals surface area contributed by atoms with Gasteiger partial charge in [-0.05, 0) is 62.7 Å². The lowest BCUT2D eigenvalue weighted by Gasteiger charge is -2.26. The minimum absolute atomic E-state index is 0.0178. The summed E-state index contributed by atoms with van der Waals surface area (Å²) in [7, 11) is 0. The van der Waals surface area contributed by atoms with E-state index in [1.807, 2.05) is 45.0 Å². The highest BCUT2D eigenvalue weighted by molar-refractivity contribution is 6.51. The Morgan fingerprint density at radius 1 is 0.941 bits per heavy atom. The Labute approximate surface area is 199 Å². The summed E-state index contributed by atoms with van der Waals surface area (Å²) in [6, 6.07) is 22.3. The molecule has 1 amide bonds. The van der Waals surface area contributed by atoms with Crippen molar-refractivity contribution in [2.45, 2.75) is 32.9 Å². The third-order valence-corrected chi connectivity index (χ3v) is 5.44. The zero-order chi connectivity index (χ0) is 24.2. The van der Waals surface area contributed by atoms with E-state index in [0.29, 0.717) is 34.9 Å². The second kappa shape index (κ2) is 9.83. The summed E-state index contributed by atoms with van der Waals surface area (Å²) in [6.07, 6.45) is -0.0444. The number of Topliss-reactive ketones (excluding diaryl/α,β-unsaturated/α-hetero) is 1. The molecule has 1 aliphatic heterocycles. The van der Waals surface area contributed by atoms with Crippen LogP contribution in [0.2, 0.25) is 0 Å².